The molecule has 4 nitrogen and oxygen atoms in total. The molecule has 0 N–H and O–H groups in total. The molecule has 0 amide bonds. The molecule has 0 aromatic heterocycles. The van der Waals surface area contributed by atoms with Gasteiger partial charge in [-0.1, -0.05) is 49.2 Å². The Morgan fingerprint density at radius 3 is 2.81 bits per heavy atom. The molecular formula is C16H18N2O2S. The molecule has 5 heteroatoms. The van der Waals surface area contributed by atoms with Crippen molar-refractivity contribution in [2.45, 2.75) is 37.0 Å². The van der Waals surface area contributed by atoms with Crippen LogP contribution < -0.4 is 4.74 Å². The molecule has 0 radical (unpaired) electrons. The summed E-state index contributed by atoms with van der Waals surface area (Å²) in [5.41, 5.74) is 0. The van der Waals surface area contributed by atoms with Gasteiger partial charge in [0.05, 0.1) is 0 Å². The van der Waals surface area contributed by atoms with E-state index < -0.39 is 0 Å². The van der Waals surface area contributed by atoms with Gasteiger partial charge < -0.3 is 9.47 Å². The zero-order valence-electron chi connectivity index (χ0n) is 11.8. The summed E-state index contributed by atoms with van der Waals surface area (Å²) >= 11 is 1.87. The topological polar surface area (TPSA) is 34.1 Å². The maximum Gasteiger partial charge on any atom is 0.252 e. The molecule has 1 fully saturated rings. The van der Waals surface area contributed by atoms with Gasteiger partial charge in [-0.15, -0.1) is 5.10 Å². The van der Waals surface area contributed by atoms with E-state index in [2.05, 4.69) is 15.5 Å². The number of hydrazone groups is 1. The standard InChI is InChI=1S/C16H18N2O2S/c1-3-7-13(8-4-1)19-11-14-17-18-15(20-14)12-21-16(18)9-5-2-6-10-16/h1,3-4,7-8,12H,2,5-6,9-11H2. The first-order valence-corrected chi connectivity index (χ1v) is 8.35. The lowest BCUT2D eigenvalue weighted by Gasteiger charge is -2.37. The van der Waals surface area contributed by atoms with Crippen LogP contribution in [0.15, 0.2) is 46.7 Å². The van der Waals surface area contributed by atoms with E-state index in [1.165, 1.54) is 32.1 Å². The van der Waals surface area contributed by atoms with Gasteiger partial charge in [-0.3, -0.25) is 0 Å². The zero-order chi connectivity index (χ0) is 14.1. The van der Waals surface area contributed by atoms with E-state index in [4.69, 9.17) is 9.47 Å². The molecule has 1 aromatic rings. The first kappa shape index (κ1) is 13.1. The number of fused-ring (bicyclic) bond motifs is 2. The monoisotopic (exact) mass is 302 g/mol. The Labute approximate surface area is 128 Å². The van der Waals surface area contributed by atoms with E-state index in [0.717, 1.165) is 11.6 Å². The highest BCUT2D eigenvalue weighted by Gasteiger charge is 2.47. The highest BCUT2D eigenvalue weighted by molar-refractivity contribution is 8.03. The number of hydrogen-bond donors (Lipinski definition) is 0. The zero-order valence-corrected chi connectivity index (χ0v) is 12.6. The predicted octanol–water partition coefficient (Wildman–Crippen LogP) is 3.92. The first-order chi connectivity index (χ1) is 10.4. The van der Waals surface area contributed by atoms with Crippen molar-refractivity contribution in [2.24, 2.45) is 5.10 Å². The van der Waals surface area contributed by atoms with E-state index in [-0.39, 0.29) is 4.87 Å². The number of ether oxygens (including phenoxy) is 2. The van der Waals surface area contributed by atoms with E-state index in [1.807, 2.05) is 42.1 Å². The lowest BCUT2D eigenvalue weighted by atomic mass is 9.94. The van der Waals surface area contributed by atoms with Crippen LogP contribution in [0.4, 0.5) is 0 Å². The predicted molar refractivity (Wildman–Crippen MR) is 83.8 cm³/mol. The highest BCUT2D eigenvalue weighted by atomic mass is 32.2. The largest absolute Gasteiger partial charge is 0.484 e. The van der Waals surface area contributed by atoms with Gasteiger partial charge in [-0.25, -0.2) is 5.01 Å². The molecule has 1 spiro atoms. The van der Waals surface area contributed by atoms with Crippen molar-refractivity contribution >= 4 is 17.7 Å². The average molecular weight is 302 g/mol. The molecule has 2 heterocycles. The van der Waals surface area contributed by atoms with Crippen molar-refractivity contribution < 1.29 is 9.47 Å². The minimum Gasteiger partial charge on any atom is -0.484 e. The van der Waals surface area contributed by atoms with Crippen LogP contribution in [0.3, 0.4) is 0 Å². The molecule has 1 aliphatic carbocycles. The summed E-state index contributed by atoms with van der Waals surface area (Å²) in [6.45, 7) is 0.374. The molecule has 1 saturated carbocycles. The fourth-order valence-electron chi connectivity index (χ4n) is 3.08. The number of benzene rings is 1. The molecule has 4 rings (SSSR count). The third-order valence-corrected chi connectivity index (χ3v) is 5.49. The van der Waals surface area contributed by atoms with Crippen molar-refractivity contribution in [1.82, 2.24) is 5.01 Å². The number of thioether (sulfide) groups is 1. The Bertz CT molecular complexity index is 579. The van der Waals surface area contributed by atoms with E-state index in [0.29, 0.717) is 12.5 Å². The number of nitrogens with zero attached hydrogens (tertiary/aromatic N) is 2. The molecule has 0 unspecified atom stereocenters. The highest BCUT2D eigenvalue weighted by Crippen LogP contribution is 2.51. The Morgan fingerprint density at radius 1 is 1.19 bits per heavy atom. The van der Waals surface area contributed by atoms with Crippen LogP contribution in [-0.4, -0.2) is 22.4 Å². The summed E-state index contributed by atoms with van der Waals surface area (Å²) in [6, 6.07) is 9.77. The molecule has 21 heavy (non-hydrogen) atoms. The van der Waals surface area contributed by atoms with Gasteiger partial charge >= 0.3 is 0 Å². The lowest BCUT2D eigenvalue weighted by molar-refractivity contribution is 0.149. The minimum atomic E-state index is 0.0993. The third kappa shape index (κ3) is 2.39. The van der Waals surface area contributed by atoms with Gasteiger partial charge in [-0.05, 0) is 25.0 Å². The summed E-state index contributed by atoms with van der Waals surface area (Å²) in [5, 5.41) is 8.84. The van der Waals surface area contributed by atoms with E-state index >= 15 is 0 Å². The molecule has 0 atom stereocenters. The number of hydrogen-bond acceptors (Lipinski definition) is 5. The first-order valence-electron chi connectivity index (χ1n) is 7.47. The van der Waals surface area contributed by atoms with Crippen LogP contribution in [0.5, 0.6) is 5.75 Å². The van der Waals surface area contributed by atoms with Crippen molar-refractivity contribution in [2.75, 3.05) is 6.61 Å². The second-order valence-electron chi connectivity index (χ2n) is 5.59. The lowest BCUT2D eigenvalue weighted by Crippen LogP contribution is -2.39. The summed E-state index contributed by atoms with van der Waals surface area (Å²) in [7, 11) is 0. The minimum absolute atomic E-state index is 0.0993. The maximum absolute atomic E-state index is 5.83. The summed E-state index contributed by atoms with van der Waals surface area (Å²) in [6.07, 6.45) is 6.24. The second kappa shape index (κ2) is 5.30. The average Bonchev–Trinajstić information content (AvgIpc) is 3.09. The van der Waals surface area contributed by atoms with Gasteiger partial charge in [0.1, 0.15) is 10.6 Å². The fourth-order valence-corrected chi connectivity index (χ4v) is 4.30. The fraction of sp³-hybridized carbons (Fsp3) is 0.438. The summed E-state index contributed by atoms with van der Waals surface area (Å²) < 4.78 is 11.5. The Balaban J connectivity index is 1.44. The summed E-state index contributed by atoms with van der Waals surface area (Å²) in [5.74, 6) is 2.36. The van der Waals surface area contributed by atoms with Crippen LogP contribution in [0.2, 0.25) is 0 Å². The number of para-hydroxylation sites is 1. The molecule has 2 aliphatic heterocycles. The normalized spacial score (nSPS) is 22.6. The van der Waals surface area contributed by atoms with Crippen LogP contribution >= 0.6 is 11.8 Å². The van der Waals surface area contributed by atoms with Crippen molar-refractivity contribution in [3.05, 3.63) is 41.6 Å². The molecule has 0 bridgehead atoms. The molecule has 1 aromatic carbocycles. The third-order valence-electron chi connectivity index (χ3n) is 4.15. The van der Waals surface area contributed by atoms with Crippen molar-refractivity contribution in [3.63, 3.8) is 0 Å². The second-order valence-corrected chi connectivity index (χ2v) is 6.82. The number of rotatable bonds is 3. The molecule has 0 saturated heterocycles. The Morgan fingerprint density at radius 2 is 2.00 bits per heavy atom. The van der Waals surface area contributed by atoms with Crippen LogP contribution in [0, 0.1) is 0 Å². The van der Waals surface area contributed by atoms with Crippen molar-refractivity contribution in [3.8, 4) is 5.75 Å². The van der Waals surface area contributed by atoms with E-state index in [9.17, 15) is 0 Å². The van der Waals surface area contributed by atoms with Crippen LogP contribution in [0.1, 0.15) is 32.1 Å². The quantitative estimate of drug-likeness (QED) is 0.847. The van der Waals surface area contributed by atoms with Crippen LogP contribution in [0.25, 0.3) is 0 Å². The SMILES string of the molecule is C1=C2OC(COc3ccccc3)=NN2C2(CCCCC2)S1. The molecular weight excluding hydrogens is 284 g/mol. The van der Waals surface area contributed by atoms with Gasteiger partial charge in [-0.2, -0.15) is 0 Å². The van der Waals surface area contributed by atoms with Crippen LogP contribution in [-0.2, 0) is 4.74 Å². The smallest absolute Gasteiger partial charge is 0.252 e. The van der Waals surface area contributed by atoms with Gasteiger partial charge in [0.15, 0.2) is 6.61 Å². The molecule has 110 valence electrons. The Hall–Kier alpha value is -1.62. The van der Waals surface area contributed by atoms with Gasteiger partial charge in [0.2, 0.25) is 5.88 Å². The van der Waals surface area contributed by atoms with Gasteiger partial charge in [0.25, 0.3) is 5.90 Å². The van der Waals surface area contributed by atoms with E-state index in [1.54, 1.807) is 0 Å². The van der Waals surface area contributed by atoms with Gasteiger partial charge in [0, 0.05) is 5.41 Å². The summed E-state index contributed by atoms with van der Waals surface area (Å²) in [4.78, 5) is 0.0993. The Kier molecular flexibility index (Phi) is 3.30. The molecule has 3 aliphatic rings. The maximum atomic E-state index is 5.83. The van der Waals surface area contributed by atoms with Crippen molar-refractivity contribution in [1.29, 1.82) is 0 Å².